The lowest BCUT2D eigenvalue weighted by molar-refractivity contribution is -0.145. The molecule has 8 nitrogen and oxygen atoms in total. The molecule has 0 fully saturated rings. The first kappa shape index (κ1) is 23.8. The molecule has 5 N–H and O–H groups in total. The van der Waals surface area contributed by atoms with Crippen LogP contribution in [0.4, 0.5) is 0 Å². The van der Waals surface area contributed by atoms with E-state index in [0.29, 0.717) is 17.9 Å². The van der Waals surface area contributed by atoms with E-state index in [4.69, 9.17) is 20.5 Å². The number of aromatic hydroxyl groups is 1. The zero-order valence-corrected chi connectivity index (χ0v) is 17.3. The van der Waals surface area contributed by atoms with Crippen molar-refractivity contribution in [1.29, 1.82) is 0 Å². The van der Waals surface area contributed by atoms with E-state index in [2.05, 4.69) is 9.72 Å². The van der Waals surface area contributed by atoms with E-state index in [1.165, 1.54) is 0 Å². The number of hydrogen-bond donors (Lipinski definition) is 3. The normalized spacial score (nSPS) is 10.6. The maximum absolute atomic E-state index is 10.3. The predicted molar refractivity (Wildman–Crippen MR) is 109 cm³/mol. The molecule has 2 rings (SSSR count). The molecule has 0 saturated heterocycles. The minimum atomic E-state index is -0.347. The summed E-state index contributed by atoms with van der Waals surface area (Å²) in [5.74, 6) is 0.552. The fraction of sp³-hybridized carbons (Fsp3) is 0.368. The molecular formula is C19H28N3O5P. The van der Waals surface area contributed by atoms with Gasteiger partial charge in [-0.1, -0.05) is 18.2 Å². The Balaban J connectivity index is 0.000000416. The number of aromatic nitrogens is 1. The Morgan fingerprint density at radius 3 is 2.46 bits per heavy atom. The van der Waals surface area contributed by atoms with E-state index in [0.717, 1.165) is 11.3 Å². The van der Waals surface area contributed by atoms with Crippen molar-refractivity contribution in [3.63, 3.8) is 0 Å². The van der Waals surface area contributed by atoms with Gasteiger partial charge < -0.3 is 30.4 Å². The number of aryl methyl sites for hydroxylation is 1. The second-order valence-corrected chi connectivity index (χ2v) is 6.59. The summed E-state index contributed by atoms with van der Waals surface area (Å²) in [6.07, 6.45) is 1.62. The van der Waals surface area contributed by atoms with Crippen LogP contribution in [0.1, 0.15) is 30.7 Å². The minimum Gasteiger partial charge on any atom is -0.506 e. The Morgan fingerprint density at radius 1 is 1.25 bits per heavy atom. The average molecular weight is 409 g/mol. The lowest BCUT2D eigenvalue weighted by atomic mass is 10.1. The molecule has 0 aliphatic carbocycles. The van der Waals surface area contributed by atoms with Crippen LogP contribution >= 0.6 is 9.03 Å². The van der Waals surface area contributed by atoms with Crippen LogP contribution in [0.5, 0.6) is 11.5 Å². The van der Waals surface area contributed by atoms with Crippen LogP contribution in [0, 0.1) is 6.92 Å². The predicted octanol–water partition coefficient (Wildman–Crippen LogP) is 2.56. The van der Waals surface area contributed by atoms with Crippen molar-refractivity contribution in [3.05, 3.63) is 53.3 Å². The van der Waals surface area contributed by atoms with Gasteiger partial charge in [0.25, 0.3) is 0 Å². The lowest BCUT2D eigenvalue weighted by Crippen LogP contribution is -2.20. The topological polar surface area (TPSA) is 130 Å². The van der Waals surface area contributed by atoms with Crippen molar-refractivity contribution >= 4 is 15.0 Å². The fourth-order valence-electron chi connectivity index (χ4n) is 2.02. The molecule has 0 bridgehead atoms. The molecule has 1 unspecified atom stereocenters. The third kappa shape index (κ3) is 8.63. The summed E-state index contributed by atoms with van der Waals surface area (Å²) >= 11 is 0. The third-order valence-corrected chi connectivity index (χ3v) is 3.94. The lowest BCUT2D eigenvalue weighted by Gasteiger charge is -2.11. The highest BCUT2D eigenvalue weighted by Gasteiger charge is 2.10. The van der Waals surface area contributed by atoms with Crippen molar-refractivity contribution < 1.29 is 23.7 Å². The third-order valence-electron chi connectivity index (χ3n) is 3.36. The molecule has 1 atom stereocenters. The van der Waals surface area contributed by atoms with Gasteiger partial charge in [0.1, 0.15) is 11.5 Å². The minimum absolute atomic E-state index is 0.0296. The Morgan fingerprint density at radius 2 is 1.93 bits per heavy atom. The van der Waals surface area contributed by atoms with Gasteiger partial charge in [0.2, 0.25) is 9.03 Å². The van der Waals surface area contributed by atoms with Crippen molar-refractivity contribution in [2.45, 2.75) is 40.0 Å². The monoisotopic (exact) mass is 409 g/mol. The number of pyridine rings is 1. The number of esters is 1. The van der Waals surface area contributed by atoms with E-state index in [1.807, 2.05) is 30.3 Å². The molecule has 1 heterocycles. The number of nitrogens with two attached hydrogens (primary N) is 2. The summed E-state index contributed by atoms with van der Waals surface area (Å²) in [6.45, 7) is 5.83. The number of ether oxygens (including phenoxy) is 1. The summed E-state index contributed by atoms with van der Waals surface area (Å²) in [5.41, 5.74) is 12.6. The molecule has 0 aliphatic heterocycles. The molecule has 1 aromatic heterocycles. The molecule has 0 radical (unpaired) electrons. The molecule has 28 heavy (non-hydrogen) atoms. The number of hydrogen-bond acceptors (Lipinski definition) is 8. The smallest absolute Gasteiger partial charge is 0.319 e. The van der Waals surface area contributed by atoms with Gasteiger partial charge in [-0.05, 0) is 32.9 Å². The summed E-state index contributed by atoms with van der Waals surface area (Å²) in [7, 11) is -0.123. The zero-order valence-electron chi connectivity index (χ0n) is 16.3. The Hall–Kier alpha value is -2.25. The molecule has 0 saturated carbocycles. The van der Waals surface area contributed by atoms with E-state index in [1.54, 1.807) is 27.0 Å². The van der Waals surface area contributed by atoms with Crippen LogP contribution in [0.25, 0.3) is 0 Å². The fourth-order valence-corrected chi connectivity index (χ4v) is 2.53. The number of benzene rings is 1. The van der Waals surface area contributed by atoms with E-state index in [9.17, 15) is 9.90 Å². The van der Waals surface area contributed by atoms with E-state index in [-0.39, 0.29) is 39.9 Å². The summed E-state index contributed by atoms with van der Waals surface area (Å²) in [6, 6.07) is 9.44. The van der Waals surface area contributed by atoms with Gasteiger partial charge in [0.15, 0.2) is 0 Å². The Bertz CT molecular complexity index is 729. The van der Waals surface area contributed by atoms with Crippen LogP contribution in [0.2, 0.25) is 0 Å². The molecule has 2 aromatic rings. The Labute approximate surface area is 167 Å². The molecule has 0 amide bonds. The molecule has 1 aromatic carbocycles. The van der Waals surface area contributed by atoms with Gasteiger partial charge in [0.05, 0.1) is 24.9 Å². The van der Waals surface area contributed by atoms with Crippen LogP contribution < -0.4 is 16.0 Å². The van der Waals surface area contributed by atoms with Crippen molar-refractivity contribution in [2.75, 3.05) is 6.54 Å². The highest BCUT2D eigenvalue weighted by atomic mass is 31.1. The Kier molecular flexibility index (Phi) is 11.1. The number of carbonyl (C=O) groups is 1. The number of nitrogens with zero attached hydrogens (tertiary/aromatic N) is 1. The maximum Gasteiger partial charge on any atom is 0.319 e. The van der Waals surface area contributed by atoms with Crippen molar-refractivity contribution in [3.8, 4) is 11.5 Å². The van der Waals surface area contributed by atoms with Gasteiger partial charge in [-0.3, -0.25) is 9.78 Å². The van der Waals surface area contributed by atoms with Gasteiger partial charge >= 0.3 is 5.97 Å². The van der Waals surface area contributed by atoms with Gasteiger partial charge in [-0.15, -0.1) is 0 Å². The molecule has 0 aliphatic rings. The summed E-state index contributed by atoms with van der Waals surface area (Å²) < 4.78 is 15.5. The second kappa shape index (κ2) is 13.0. The van der Waals surface area contributed by atoms with Gasteiger partial charge in [-0.25, -0.2) is 0 Å². The number of carbonyl (C=O) groups excluding carboxylic acids is 1. The summed E-state index contributed by atoms with van der Waals surface area (Å²) in [4.78, 5) is 14.4. The largest absolute Gasteiger partial charge is 0.506 e. The van der Waals surface area contributed by atoms with Crippen LogP contribution in [-0.2, 0) is 27.2 Å². The van der Waals surface area contributed by atoms with Gasteiger partial charge in [0, 0.05) is 23.9 Å². The molecule has 0 spiro atoms. The maximum atomic E-state index is 10.3. The first-order valence-electron chi connectivity index (χ1n) is 8.73. The average Bonchev–Trinajstić information content (AvgIpc) is 2.68. The van der Waals surface area contributed by atoms with Crippen LogP contribution in [0.15, 0.2) is 36.5 Å². The molecular weight excluding hydrogens is 381 g/mol. The number of rotatable bonds is 8. The van der Waals surface area contributed by atoms with E-state index >= 15 is 0 Å². The molecule has 9 heteroatoms. The highest BCUT2D eigenvalue weighted by Crippen LogP contribution is 2.27. The van der Waals surface area contributed by atoms with E-state index < -0.39 is 0 Å². The second-order valence-electron chi connectivity index (χ2n) is 5.93. The van der Waals surface area contributed by atoms with Crippen molar-refractivity contribution in [2.24, 2.45) is 11.5 Å². The highest BCUT2D eigenvalue weighted by molar-refractivity contribution is 7.26. The van der Waals surface area contributed by atoms with Crippen LogP contribution in [-0.4, -0.2) is 28.7 Å². The SMILES string of the molecule is CC(C)OC(=O)CN.Cc1ncc(COPOc2ccccc2)c(CN)c1O. The first-order valence-corrected chi connectivity index (χ1v) is 9.55. The summed E-state index contributed by atoms with van der Waals surface area (Å²) in [5, 5.41) is 9.89. The zero-order chi connectivity index (χ0) is 20.9. The first-order chi connectivity index (χ1) is 13.4. The van der Waals surface area contributed by atoms with Crippen LogP contribution in [0.3, 0.4) is 0 Å². The quantitative estimate of drug-likeness (QED) is 0.345. The standard InChI is InChI=1S/C14H17N2O3P.C5H11NO2/c1-10-14(17)13(7-15)11(8-16-10)9-18-20-19-12-5-3-2-4-6-12;1-4(2)8-5(7)3-6/h2-6,8,17,20H,7,9,15H2,1H3;4H,3,6H2,1-2H3. The number of para-hydroxylation sites is 1. The van der Waals surface area contributed by atoms with Gasteiger partial charge in [-0.2, -0.15) is 0 Å². The molecule has 154 valence electrons. The van der Waals surface area contributed by atoms with Crippen molar-refractivity contribution in [1.82, 2.24) is 4.98 Å².